The third kappa shape index (κ3) is 4.13. The lowest BCUT2D eigenvalue weighted by molar-refractivity contribution is 0.0462. The largest absolute Gasteiger partial charge is 0.493 e. The summed E-state index contributed by atoms with van der Waals surface area (Å²) < 4.78 is 13.1. The zero-order chi connectivity index (χ0) is 21.1. The van der Waals surface area contributed by atoms with Crippen LogP contribution in [0.3, 0.4) is 0 Å². The second kappa shape index (κ2) is 8.54. The van der Waals surface area contributed by atoms with Gasteiger partial charge >= 0.3 is 5.97 Å². The highest BCUT2D eigenvalue weighted by Crippen LogP contribution is 2.25. The molecule has 0 aliphatic heterocycles. The molecule has 0 radical (unpaired) electrons. The molecule has 0 saturated carbocycles. The number of ether oxygens (including phenoxy) is 2. The number of esters is 1. The molecule has 0 amide bonds. The van der Waals surface area contributed by atoms with Crippen molar-refractivity contribution < 1.29 is 14.3 Å². The monoisotopic (exact) mass is 467 g/mol. The maximum atomic E-state index is 12.5. The molecule has 0 saturated heterocycles. The standard InChI is InChI=1S/C22H18BrN3O4/c1-2-29-19-10-16(23)9-8-15(19)13-30-22(28)18-11-20-24-17(12-21(27)26(20)25-18)14-6-4-3-5-7-14/h3-12,25H,2,13H2,1H3. The maximum Gasteiger partial charge on any atom is 0.356 e. The minimum absolute atomic E-state index is 0.0361. The summed E-state index contributed by atoms with van der Waals surface area (Å²) in [6.45, 7) is 2.42. The number of hydrogen-bond donors (Lipinski definition) is 1. The van der Waals surface area contributed by atoms with Crippen molar-refractivity contribution >= 4 is 27.5 Å². The lowest BCUT2D eigenvalue weighted by atomic mass is 10.1. The number of carbonyl (C=O) groups excluding carboxylic acids is 1. The van der Waals surface area contributed by atoms with E-state index in [0.29, 0.717) is 23.7 Å². The molecule has 4 aromatic rings. The number of aromatic amines is 1. The minimum atomic E-state index is -0.591. The fraction of sp³-hybridized carbons (Fsp3) is 0.136. The van der Waals surface area contributed by atoms with Gasteiger partial charge in [0.1, 0.15) is 18.1 Å². The second-order valence-electron chi connectivity index (χ2n) is 6.47. The minimum Gasteiger partial charge on any atom is -0.493 e. The number of aromatic nitrogens is 3. The van der Waals surface area contributed by atoms with Gasteiger partial charge in [0.2, 0.25) is 0 Å². The quantitative estimate of drug-likeness (QED) is 0.429. The summed E-state index contributed by atoms with van der Waals surface area (Å²) in [6.07, 6.45) is 0. The number of halogens is 1. The van der Waals surface area contributed by atoms with E-state index < -0.39 is 5.97 Å². The molecule has 0 unspecified atom stereocenters. The zero-order valence-electron chi connectivity index (χ0n) is 16.1. The Labute approximate surface area is 180 Å². The van der Waals surface area contributed by atoms with Gasteiger partial charge in [-0.2, -0.15) is 0 Å². The van der Waals surface area contributed by atoms with Gasteiger partial charge in [-0.1, -0.05) is 52.3 Å². The van der Waals surface area contributed by atoms with Crippen LogP contribution >= 0.6 is 15.9 Å². The van der Waals surface area contributed by atoms with Gasteiger partial charge in [-0.3, -0.25) is 9.89 Å². The van der Waals surface area contributed by atoms with Crippen molar-refractivity contribution in [3.63, 3.8) is 0 Å². The Morgan fingerprint density at radius 1 is 1.13 bits per heavy atom. The fourth-order valence-corrected chi connectivity index (χ4v) is 3.35. The van der Waals surface area contributed by atoms with Gasteiger partial charge in [0.15, 0.2) is 5.65 Å². The lowest BCUT2D eigenvalue weighted by Gasteiger charge is -2.10. The molecule has 2 heterocycles. The number of hydrogen-bond acceptors (Lipinski definition) is 5. The SMILES string of the molecule is CCOc1cc(Br)ccc1COC(=O)c1cc2nc(-c3ccccc3)cc(=O)n2[nH]1. The van der Waals surface area contributed by atoms with Crippen LogP contribution in [0.1, 0.15) is 23.0 Å². The Balaban J connectivity index is 1.57. The van der Waals surface area contributed by atoms with Crippen molar-refractivity contribution in [2.45, 2.75) is 13.5 Å². The summed E-state index contributed by atoms with van der Waals surface area (Å²) in [4.78, 5) is 29.5. The lowest BCUT2D eigenvalue weighted by Crippen LogP contribution is -2.15. The second-order valence-corrected chi connectivity index (χ2v) is 7.39. The number of benzene rings is 2. The maximum absolute atomic E-state index is 12.5. The Kier molecular flexibility index (Phi) is 5.67. The number of nitrogens with one attached hydrogen (secondary N) is 1. The van der Waals surface area contributed by atoms with Crippen molar-refractivity contribution in [2.75, 3.05) is 6.61 Å². The van der Waals surface area contributed by atoms with Crippen molar-refractivity contribution in [1.29, 1.82) is 0 Å². The summed E-state index contributed by atoms with van der Waals surface area (Å²) in [5.41, 5.74) is 2.26. The first kappa shape index (κ1) is 19.9. The van der Waals surface area contributed by atoms with Crippen LogP contribution < -0.4 is 10.3 Å². The molecular weight excluding hydrogens is 450 g/mol. The van der Waals surface area contributed by atoms with E-state index in [2.05, 4.69) is 26.0 Å². The van der Waals surface area contributed by atoms with Crippen molar-refractivity contribution in [2.24, 2.45) is 0 Å². The van der Waals surface area contributed by atoms with Crippen molar-refractivity contribution in [3.8, 4) is 17.0 Å². The molecular formula is C22H18BrN3O4. The van der Waals surface area contributed by atoms with Crippen LogP contribution in [0.2, 0.25) is 0 Å². The molecule has 4 rings (SSSR count). The molecule has 0 fully saturated rings. The summed E-state index contributed by atoms with van der Waals surface area (Å²) in [7, 11) is 0. The number of H-pyrrole nitrogens is 1. The molecule has 0 atom stereocenters. The third-order valence-electron chi connectivity index (χ3n) is 4.43. The Hall–Kier alpha value is -3.39. The summed E-state index contributed by atoms with van der Waals surface area (Å²) in [6, 6.07) is 17.8. The Morgan fingerprint density at radius 2 is 1.93 bits per heavy atom. The molecule has 7 nitrogen and oxygen atoms in total. The van der Waals surface area contributed by atoms with Crippen LogP contribution in [0.25, 0.3) is 16.9 Å². The van der Waals surface area contributed by atoms with Crippen LogP contribution in [0.4, 0.5) is 0 Å². The normalized spacial score (nSPS) is 10.9. The van der Waals surface area contributed by atoms with Gasteiger partial charge in [-0.05, 0) is 19.1 Å². The molecule has 2 aromatic heterocycles. The van der Waals surface area contributed by atoms with Gasteiger partial charge in [0.25, 0.3) is 5.56 Å². The van der Waals surface area contributed by atoms with Gasteiger partial charge in [-0.25, -0.2) is 14.3 Å². The smallest absolute Gasteiger partial charge is 0.356 e. The first-order valence-corrected chi connectivity index (χ1v) is 10.1. The van der Waals surface area contributed by atoms with Crippen LogP contribution in [-0.4, -0.2) is 27.2 Å². The van der Waals surface area contributed by atoms with Gasteiger partial charge < -0.3 is 9.47 Å². The van der Waals surface area contributed by atoms with Gasteiger partial charge in [-0.15, -0.1) is 0 Å². The number of nitrogens with zero attached hydrogens (tertiary/aromatic N) is 2. The van der Waals surface area contributed by atoms with Gasteiger partial charge in [0.05, 0.1) is 12.3 Å². The third-order valence-corrected chi connectivity index (χ3v) is 4.92. The molecule has 8 heteroatoms. The van der Waals surface area contributed by atoms with Crippen LogP contribution in [0.15, 0.2) is 69.9 Å². The number of carbonyl (C=O) groups is 1. The summed E-state index contributed by atoms with van der Waals surface area (Å²) in [5, 5.41) is 2.76. The Morgan fingerprint density at radius 3 is 2.70 bits per heavy atom. The van der Waals surface area contributed by atoms with Crippen LogP contribution in [0.5, 0.6) is 5.75 Å². The van der Waals surface area contributed by atoms with E-state index in [1.54, 1.807) is 0 Å². The van der Waals surface area contributed by atoms with E-state index in [-0.39, 0.29) is 17.9 Å². The van der Waals surface area contributed by atoms with E-state index in [0.717, 1.165) is 15.6 Å². The topological polar surface area (TPSA) is 85.7 Å². The first-order valence-electron chi connectivity index (χ1n) is 9.31. The number of rotatable bonds is 6. The molecule has 0 aliphatic rings. The van der Waals surface area contributed by atoms with E-state index in [4.69, 9.17) is 9.47 Å². The van der Waals surface area contributed by atoms with E-state index in [1.807, 2.05) is 55.5 Å². The van der Waals surface area contributed by atoms with Crippen molar-refractivity contribution in [3.05, 3.63) is 86.7 Å². The average molecular weight is 468 g/mol. The highest BCUT2D eigenvalue weighted by atomic mass is 79.9. The average Bonchev–Trinajstić information content (AvgIpc) is 3.19. The molecule has 1 N–H and O–H groups in total. The molecule has 0 aliphatic carbocycles. The molecule has 152 valence electrons. The molecule has 0 bridgehead atoms. The summed E-state index contributed by atoms with van der Waals surface area (Å²) in [5.74, 6) is 0.0493. The fourth-order valence-electron chi connectivity index (χ4n) is 3.01. The predicted molar refractivity (Wildman–Crippen MR) is 116 cm³/mol. The van der Waals surface area contributed by atoms with Crippen LogP contribution in [-0.2, 0) is 11.3 Å². The molecule has 30 heavy (non-hydrogen) atoms. The molecule has 2 aromatic carbocycles. The van der Waals surface area contributed by atoms with E-state index in [1.165, 1.54) is 16.6 Å². The zero-order valence-corrected chi connectivity index (χ0v) is 17.7. The van der Waals surface area contributed by atoms with Crippen molar-refractivity contribution in [1.82, 2.24) is 14.6 Å². The van der Waals surface area contributed by atoms with E-state index >= 15 is 0 Å². The number of fused-ring (bicyclic) bond motifs is 1. The first-order chi connectivity index (χ1) is 14.5. The highest BCUT2D eigenvalue weighted by molar-refractivity contribution is 9.10. The van der Waals surface area contributed by atoms with Crippen LogP contribution in [0, 0.1) is 0 Å². The predicted octanol–water partition coefficient (Wildman–Crippen LogP) is 4.21. The highest BCUT2D eigenvalue weighted by Gasteiger charge is 2.15. The Bertz CT molecular complexity index is 1260. The van der Waals surface area contributed by atoms with Gasteiger partial charge in [0, 0.05) is 27.7 Å². The molecule has 0 spiro atoms. The summed E-state index contributed by atoms with van der Waals surface area (Å²) >= 11 is 3.40. The van der Waals surface area contributed by atoms with E-state index in [9.17, 15) is 9.59 Å².